The molecule has 0 fully saturated rings. The van der Waals surface area contributed by atoms with Crippen LogP contribution in [0.1, 0.15) is 12.5 Å². The molecule has 4 rings (SSSR count). The van der Waals surface area contributed by atoms with Crippen molar-refractivity contribution in [2.24, 2.45) is 0 Å². The third kappa shape index (κ3) is 4.80. The molecule has 10 heteroatoms. The summed E-state index contributed by atoms with van der Waals surface area (Å²) in [7, 11) is 0. The number of fused-ring (bicyclic) bond motifs is 1. The first-order valence-corrected chi connectivity index (χ1v) is 10.6. The molecule has 2 heterocycles. The molecule has 174 valence electrons. The molecule has 0 unspecified atom stereocenters. The number of nitrogens with one attached hydrogen (secondary N) is 2. The predicted octanol–water partition coefficient (Wildman–Crippen LogP) is 4.34. The van der Waals surface area contributed by atoms with Crippen LogP contribution in [0, 0.1) is 12.7 Å². The van der Waals surface area contributed by atoms with Gasteiger partial charge >= 0.3 is 12.0 Å². The number of nitrogens with two attached hydrogens (primary N) is 1. The third-order valence-electron chi connectivity index (χ3n) is 5.04. The predicted molar refractivity (Wildman–Crippen MR) is 128 cm³/mol. The fourth-order valence-corrected chi connectivity index (χ4v) is 3.57. The molecule has 0 atom stereocenters. The summed E-state index contributed by atoms with van der Waals surface area (Å²) < 4.78 is 21.3. The van der Waals surface area contributed by atoms with Crippen molar-refractivity contribution in [3.8, 4) is 11.3 Å². The Morgan fingerprint density at radius 1 is 1.15 bits per heavy atom. The monoisotopic (exact) mass is 462 g/mol. The second-order valence-corrected chi connectivity index (χ2v) is 7.58. The van der Waals surface area contributed by atoms with Gasteiger partial charge in [0.25, 0.3) is 0 Å². The van der Waals surface area contributed by atoms with Gasteiger partial charge in [-0.05, 0) is 43.7 Å². The van der Waals surface area contributed by atoms with E-state index in [0.29, 0.717) is 33.5 Å². The van der Waals surface area contributed by atoms with Gasteiger partial charge in [-0.25, -0.2) is 9.18 Å². The molecule has 2 amide bonds. The van der Waals surface area contributed by atoms with Crippen LogP contribution in [0.2, 0.25) is 0 Å². The van der Waals surface area contributed by atoms with Gasteiger partial charge in [-0.2, -0.15) is 5.10 Å². The number of nitrogen functional groups attached to an aromatic ring is 1. The highest BCUT2D eigenvalue weighted by atomic mass is 19.1. The van der Waals surface area contributed by atoms with Crippen molar-refractivity contribution < 1.29 is 18.7 Å². The SMILES string of the molecule is CCOC(=O)Cn1nc(-c2ccc(NC(=O)Nc3cccc(C)c3)c(F)c2)c2c(N)cncc21. The molecule has 2 aromatic heterocycles. The number of hydrogen-bond donors (Lipinski definition) is 3. The minimum atomic E-state index is -0.655. The average molecular weight is 462 g/mol. The van der Waals surface area contributed by atoms with Crippen LogP contribution in [0.5, 0.6) is 0 Å². The third-order valence-corrected chi connectivity index (χ3v) is 5.04. The van der Waals surface area contributed by atoms with Crippen molar-refractivity contribution in [3.05, 3.63) is 66.2 Å². The second kappa shape index (κ2) is 9.57. The van der Waals surface area contributed by atoms with Crippen LogP contribution >= 0.6 is 0 Å². The van der Waals surface area contributed by atoms with Crippen LogP contribution in [-0.4, -0.2) is 33.4 Å². The maximum atomic E-state index is 14.9. The van der Waals surface area contributed by atoms with Crippen molar-refractivity contribution in [2.75, 3.05) is 23.0 Å². The van der Waals surface area contributed by atoms with Crippen molar-refractivity contribution in [1.82, 2.24) is 14.8 Å². The smallest absolute Gasteiger partial charge is 0.327 e. The van der Waals surface area contributed by atoms with E-state index in [2.05, 4.69) is 20.7 Å². The van der Waals surface area contributed by atoms with Crippen LogP contribution in [0.25, 0.3) is 22.2 Å². The lowest BCUT2D eigenvalue weighted by Gasteiger charge is -2.10. The van der Waals surface area contributed by atoms with E-state index in [0.717, 1.165) is 5.56 Å². The first-order valence-electron chi connectivity index (χ1n) is 10.6. The minimum Gasteiger partial charge on any atom is -0.465 e. The summed E-state index contributed by atoms with van der Waals surface area (Å²) in [6, 6.07) is 11.0. The molecule has 9 nitrogen and oxygen atoms in total. The minimum absolute atomic E-state index is 0.00111. The summed E-state index contributed by atoms with van der Waals surface area (Å²) in [5.41, 5.74) is 9.36. The van der Waals surface area contributed by atoms with Crippen molar-refractivity contribution in [3.63, 3.8) is 0 Å². The van der Waals surface area contributed by atoms with Gasteiger partial charge in [-0.1, -0.05) is 18.2 Å². The first kappa shape index (κ1) is 22.7. The highest BCUT2D eigenvalue weighted by Crippen LogP contribution is 2.33. The van der Waals surface area contributed by atoms with Crippen LogP contribution in [0.15, 0.2) is 54.9 Å². The maximum absolute atomic E-state index is 14.9. The number of nitrogens with zero attached hydrogens (tertiary/aromatic N) is 3. The van der Waals surface area contributed by atoms with Gasteiger partial charge in [0.15, 0.2) is 0 Å². The van der Waals surface area contributed by atoms with Gasteiger partial charge in [0, 0.05) is 11.3 Å². The summed E-state index contributed by atoms with van der Waals surface area (Å²) in [6.45, 7) is 3.71. The van der Waals surface area contributed by atoms with Crippen LogP contribution < -0.4 is 16.4 Å². The highest BCUT2D eigenvalue weighted by Gasteiger charge is 2.19. The molecule has 2 aromatic carbocycles. The van der Waals surface area contributed by atoms with Gasteiger partial charge in [0.1, 0.15) is 18.1 Å². The first-order chi connectivity index (χ1) is 16.4. The number of amides is 2. The Bertz CT molecular complexity index is 1380. The molecule has 4 aromatic rings. The number of urea groups is 1. The van der Waals surface area contributed by atoms with Gasteiger partial charge in [0.05, 0.1) is 41.3 Å². The van der Waals surface area contributed by atoms with E-state index in [9.17, 15) is 14.0 Å². The number of carbonyl (C=O) groups is 2. The highest BCUT2D eigenvalue weighted by molar-refractivity contribution is 6.02. The molecule has 0 aliphatic carbocycles. The van der Waals surface area contributed by atoms with Crippen molar-refractivity contribution in [1.29, 1.82) is 0 Å². The number of rotatable bonds is 6. The number of benzene rings is 2. The van der Waals surface area contributed by atoms with Gasteiger partial charge < -0.3 is 21.1 Å². The Hall–Kier alpha value is -4.47. The number of hydrogen-bond acceptors (Lipinski definition) is 6. The maximum Gasteiger partial charge on any atom is 0.327 e. The lowest BCUT2D eigenvalue weighted by atomic mass is 10.1. The Morgan fingerprint density at radius 2 is 1.97 bits per heavy atom. The Kier molecular flexibility index (Phi) is 6.39. The van der Waals surface area contributed by atoms with E-state index in [1.807, 2.05) is 19.1 Å². The second-order valence-electron chi connectivity index (χ2n) is 7.58. The van der Waals surface area contributed by atoms with Crippen molar-refractivity contribution >= 4 is 40.0 Å². The van der Waals surface area contributed by atoms with Crippen LogP contribution in [0.3, 0.4) is 0 Å². The number of aryl methyl sites for hydroxylation is 1. The lowest BCUT2D eigenvalue weighted by molar-refractivity contribution is -0.143. The summed E-state index contributed by atoms with van der Waals surface area (Å²) >= 11 is 0. The molecule has 0 spiro atoms. The molecular weight excluding hydrogens is 439 g/mol. The van der Waals surface area contributed by atoms with Gasteiger partial charge in [0.2, 0.25) is 0 Å². The molecule has 0 saturated carbocycles. The molecule has 0 aliphatic rings. The number of carbonyl (C=O) groups excluding carboxylic acids is 2. The normalized spacial score (nSPS) is 10.8. The quantitative estimate of drug-likeness (QED) is 0.366. The summed E-state index contributed by atoms with van der Waals surface area (Å²) in [5.74, 6) is -1.12. The zero-order valence-electron chi connectivity index (χ0n) is 18.6. The van der Waals surface area contributed by atoms with E-state index >= 15 is 0 Å². The molecule has 4 N–H and O–H groups in total. The Labute approximate surface area is 194 Å². The largest absolute Gasteiger partial charge is 0.465 e. The number of ether oxygens (including phenoxy) is 1. The number of pyridine rings is 1. The average Bonchev–Trinajstić information content (AvgIpc) is 3.15. The number of esters is 1. The van der Waals surface area contributed by atoms with Crippen molar-refractivity contribution in [2.45, 2.75) is 20.4 Å². The summed E-state index contributed by atoms with van der Waals surface area (Å²) in [6.07, 6.45) is 2.99. The summed E-state index contributed by atoms with van der Waals surface area (Å²) in [4.78, 5) is 28.4. The van der Waals surface area contributed by atoms with E-state index in [-0.39, 0.29) is 18.8 Å². The van der Waals surface area contributed by atoms with Gasteiger partial charge in [-0.3, -0.25) is 14.5 Å². The topological polar surface area (TPSA) is 124 Å². The van der Waals surface area contributed by atoms with E-state index in [1.54, 1.807) is 25.1 Å². The molecule has 34 heavy (non-hydrogen) atoms. The molecule has 0 bridgehead atoms. The zero-order valence-corrected chi connectivity index (χ0v) is 18.6. The molecule has 0 saturated heterocycles. The van der Waals surface area contributed by atoms with E-state index in [1.165, 1.54) is 29.2 Å². The van der Waals surface area contributed by atoms with Gasteiger partial charge in [-0.15, -0.1) is 0 Å². The Balaban J connectivity index is 1.61. The number of aromatic nitrogens is 3. The van der Waals surface area contributed by atoms with Crippen LogP contribution in [-0.2, 0) is 16.1 Å². The lowest BCUT2D eigenvalue weighted by Crippen LogP contribution is -2.20. The van der Waals surface area contributed by atoms with E-state index < -0.39 is 17.8 Å². The molecular formula is C24H23FN6O3. The Morgan fingerprint density at radius 3 is 2.71 bits per heavy atom. The fraction of sp³-hybridized carbons (Fsp3) is 0.167. The standard InChI is InChI=1S/C24H23FN6O3/c1-3-34-21(32)13-31-20-12-27-11-18(26)22(20)23(30-31)15-7-8-19(17(25)10-15)29-24(33)28-16-6-4-5-14(2)9-16/h4-12H,3,13,26H2,1-2H3,(H2,28,29,33). The zero-order chi connectivity index (χ0) is 24.2. The number of anilines is 3. The van der Waals surface area contributed by atoms with Crippen LogP contribution in [0.4, 0.5) is 26.2 Å². The summed E-state index contributed by atoms with van der Waals surface area (Å²) in [5, 5.41) is 10.2. The van der Waals surface area contributed by atoms with E-state index in [4.69, 9.17) is 10.5 Å². The molecule has 0 radical (unpaired) electrons. The molecule has 0 aliphatic heterocycles. The fourth-order valence-electron chi connectivity index (χ4n) is 3.57. The number of halogens is 1.